The summed E-state index contributed by atoms with van der Waals surface area (Å²) in [5.41, 5.74) is 1.87. The molecule has 1 atom stereocenters. The van der Waals surface area contributed by atoms with Crippen LogP contribution in [-0.2, 0) is 17.8 Å². The predicted molar refractivity (Wildman–Crippen MR) is 104 cm³/mol. The van der Waals surface area contributed by atoms with E-state index in [9.17, 15) is 13.6 Å². The molecule has 0 fully saturated rings. The fraction of sp³-hybridized carbons (Fsp3) is 0.316. The molecule has 3 rings (SSSR count). The average Bonchev–Trinajstić information content (AvgIpc) is 2.63. The normalized spacial score (nSPS) is 14.1. The fourth-order valence-electron chi connectivity index (χ4n) is 2.71. The van der Waals surface area contributed by atoms with Crippen LogP contribution in [0.15, 0.2) is 41.3 Å². The predicted octanol–water partition coefficient (Wildman–Crippen LogP) is 4.40. The summed E-state index contributed by atoms with van der Waals surface area (Å²) in [4.78, 5) is 13.2. The molecular formula is C19H21ClF2N2OS. The van der Waals surface area contributed by atoms with Gasteiger partial charge in [-0.1, -0.05) is 13.0 Å². The molecule has 0 radical (unpaired) electrons. The molecule has 1 aliphatic rings. The van der Waals surface area contributed by atoms with Crippen LogP contribution in [0.1, 0.15) is 18.1 Å². The third-order valence-electron chi connectivity index (χ3n) is 4.23. The van der Waals surface area contributed by atoms with Crippen LogP contribution in [0.5, 0.6) is 0 Å². The molecule has 1 amide bonds. The van der Waals surface area contributed by atoms with Gasteiger partial charge in [-0.15, -0.1) is 24.2 Å². The van der Waals surface area contributed by atoms with Crippen molar-refractivity contribution in [3.63, 3.8) is 0 Å². The smallest absolute Gasteiger partial charge is 0.228 e. The summed E-state index contributed by atoms with van der Waals surface area (Å²) in [7, 11) is 0. The van der Waals surface area contributed by atoms with E-state index >= 15 is 0 Å². The van der Waals surface area contributed by atoms with E-state index in [1.54, 1.807) is 25.1 Å². The third-order valence-corrected chi connectivity index (χ3v) is 5.50. The van der Waals surface area contributed by atoms with Gasteiger partial charge in [0.2, 0.25) is 5.91 Å². The molecule has 0 aliphatic carbocycles. The van der Waals surface area contributed by atoms with Gasteiger partial charge < -0.3 is 10.6 Å². The summed E-state index contributed by atoms with van der Waals surface area (Å²) in [6.45, 7) is 3.20. The molecule has 0 bridgehead atoms. The van der Waals surface area contributed by atoms with Crippen molar-refractivity contribution in [2.45, 2.75) is 24.8 Å². The standard InChI is InChI=1S/C19H20F2N2OS.ClH/c1-12(11-25-15-5-3-14(20)4-6-15)19(24)23-17-7-2-13-10-22-9-8-16(13)18(17)21;/h2-7,12,22H,8-11H2,1H3,(H,23,24);1H. The molecule has 2 aromatic carbocycles. The Bertz CT molecular complexity index is 771. The number of anilines is 1. The molecule has 0 spiro atoms. The fourth-order valence-corrected chi connectivity index (χ4v) is 3.64. The number of hydrogen-bond acceptors (Lipinski definition) is 3. The van der Waals surface area contributed by atoms with Gasteiger partial charge in [-0.25, -0.2) is 8.78 Å². The number of amides is 1. The van der Waals surface area contributed by atoms with Gasteiger partial charge in [-0.3, -0.25) is 4.79 Å². The molecule has 2 N–H and O–H groups in total. The Labute approximate surface area is 162 Å². The Kier molecular flexibility index (Phi) is 7.43. The maximum atomic E-state index is 14.6. The molecule has 1 aliphatic heterocycles. The van der Waals surface area contributed by atoms with Crippen LogP contribution in [0.2, 0.25) is 0 Å². The Morgan fingerprint density at radius 3 is 2.69 bits per heavy atom. The zero-order valence-electron chi connectivity index (χ0n) is 14.4. The second-order valence-corrected chi connectivity index (χ2v) is 7.24. The first-order valence-corrected chi connectivity index (χ1v) is 9.23. The molecule has 7 heteroatoms. The van der Waals surface area contributed by atoms with Crippen molar-refractivity contribution in [3.05, 3.63) is 59.2 Å². The highest BCUT2D eigenvalue weighted by molar-refractivity contribution is 7.99. The number of nitrogens with one attached hydrogen (secondary N) is 2. The van der Waals surface area contributed by atoms with Gasteiger partial charge in [-0.05, 0) is 54.4 Å². The van der Waals surface area contributed by atoms with Gasteiger partial charge in [0.05, 0.1) is 5.69 Å². The zero-order chi connectivity index (χ0) is 17.8. The molecule has 140 valence electrons. The first-order chi connectivity index (χ1) is 12.0. The first kappa shape index (κ1) is 20.7. The zero-order valence-corrected chi connectivity index (χ0v) is 16.0. The van der Waals surface area contributed by atoms with Crippen molar-refractivity contribution in [2.24, 2.45) is 5.92 Å². The maximum Gasteiger partial charge on any atom is 0.228 e. The number of rotatable bonds is 5. The Hall–Kier alpha value is -1.63. The minimum absolute atomic E-state index is 0. The lowest BCUT2D eigenvalue weighted by Gasteiger charge is -2.20. The molecule has 0 saturated heterocycles. The van der Waals surface area contributed by atoms with Gasteiger partial charge in [0.1, 0.15) is 11.6 Å². The van der Waals surface area contributed by atoms with E-state index in [0.717, 1.165) is 17.0 Å². The monoisotopic (exact) mass is 398 g/mol. The summed E-state index contributed by atoms with van der Waals surface area (Å²) < 4.78 is 27.5. The number of carbonyl (C=O) groups excluding carboxylic acids is 1. The largest absolute Gasteiger partial charge is 0.323 e. The Balaban J connectivity index is 0.00000243. The lowest BCUT2D eigenvalue weighted by Crippen LogP contribution is -2.26. The van der Waals surface area contributed by atoms with Crippen molar-refractivity contribution in [1.82, 2.24) is 5.32 Å². The van der Waals surface area contributed by atoms with Gasteiger partial charge in [0, 0.05) is 23.1 Å². The first-order valence-electron chi connectivity index (χ1n) is 8.25. The highest BCUT2D eigenvalue weighted by Gasteiger charge is 2.19. The summed E-state index contributed by atoms with van der Waals surface area (Å²) in [5.74, 6) is -0.595. The van der Waals surface area contributed by atoms with E-state index in [2.05, 4.69) is 10.6 Å². The quantitative estimate of drug-likeness (QED) is 0.733. The van der Waals surface area contributed by atoms with Crippen molar-refractivity contribution in [1.29, 1.82) is 0 Å². The second-order valence-electron chi connectivity index (χ2n) is 6.15. The summed E-state index contributed by atoms with van der Waals surface area (Å²) >= 11 is 1.47. The maximum absolute atomic E-state index is 14.6. The van der Waals surface area contributed by atoms with Gasteiger partial charge in [0.25, 0.3) is 0 Å². The molecule has 3 nitrogen and oxygen atoms in total. The Morgan fingerprint density at radius 1 is 1.23 bits per heavy atom. The van der Waals surface area contributed by atoms with Gasteiger partial charge in [-0.2, -0.15) is 0 Å². The molecule has 1 heterocycles. The Morgan fingerprint density at radius 2 is 1.96 bits per heavy atom. The van der Waals surface area contributed by atoms with Crippen LogP contribution >= 0.6 is 24.2 Å². The molecule has 0 aromatic heterocycles. The van der Waals surface area contributed by atoms with Gasteiger partial charge >= 0.3 is 0 Å². The number of thioether (sulfide) groups is 1. The van der Waals surface area contributed by atoms with Crippen LogP contribution in [-0.4, -0.2) is 18.2 Å². The van der Waals surface area contributed by atoms with E-state index in [1.165, 1.54) is 23.9 Å². The molecular weight excluding hydrogens is 378 g/mol. The topological polar surface area (TPSA) is 41.1 Å². The number of hydrogen-bond donors (Lipinski definition) is 2. The van der Waals surface area contributed by atoms with Crippen LogP contribution in [0.25, 0.3) is 0 Å². The molecule has 2 aromatic rings. The van der Waals surface area contributed by atoms with Crippen molar-refractivity contribution in [3.8, 4) is 0 Å². The highest BCUT2D eigenvalue weighted by atomic mass is 35.5. The summed E-state index contributed by atoms with van der Waals surface area (Å²) in [6, 6.07) is 9.63. The molecule has 0 saturated carbocycles. The minimum Gasteiger partial charge on any atom is -0.323 e. The lowest BCUT2D eigenvalue weighted by molar-refractivity contribution is -0.118. The van der Waals surface area contributed by atoms with Crippen molar-refractivity contribution >= 4 is 35.8 Å². The van der Waals surface area contributed by atoms with E-state index in [-0.39, 0.29) is 41.6 Å². The minimum atomic E-state index is -0.328. The number of halogens is 3. The van der Waals surface area contributed by atoms with Crippen LogP contribution in [0, 0.1) is 17.6 Å². The summed E-state index contributed by atoms with van der Waals surface area (Å²) in [5, 5.41) is 5.90. The van der Waals surface area contributed by atoms with E-state index in [1.807, 2.05) is 6.07 Å². The average molecular weight is 399 g/mol. The number of carbonyl (C=O) groups is 1. The highest BCUT2D eigenvalue weighted by Crippen LogP contribution is 2.26. The number of benzene rings is 2. The van der Waals surface area contributed by atoms with Gasteiger partial charge in [0.15, 0.2) is 0 Å². The summed E-state index contributed by atoms with van der Waals surface area (Å²) in [6.07, 6.45) is 0.626. The van der Waals surface area contributed by atoms with E-state index in [0.29, 0.717) is 24.3 Å². The SMILES string of the molecule is CC(CSc1ccc(F)cc1)C(=O)Nc1ccc2c(c1F)CCNC2.Cl. The molecule has 26 heavy (non-hydrogen) atoms. The second kappa shape index (κ2) is 9.35. The third kappa shape index (κ3) is 4.96. The van der Waals surface area contributed by atoms with Crippen molar-refractivity contribution in [2.75, 3.05) is 17.6 Å². The lowest BCUT2D eigenvalue weighted by atomic mass is 9.99. The van der Waals surface area contributed by atoms with E-state index < -0.39 is 0 Å². The van der Waals surface area contributed by atoms with E-state index in [4.69, 9.17) is 0 Å². The van der Waals surface area contributed by atoms with Crippen LogP contribution in [0.3, 0.4) is 0 Å². The molecule has 1 unspecified atom stereocenters. The van der Waals surface area contributed by atoms with Crippen molar-refractivity contribution < 1.29 is 13.6 Å². The van der Waals surface area contributed by atoms with Crippen LogP contribution in [0.4, 0.5) is 14.5 Å². The number of fused-ring (bicyclic) bond motifs is 1. The van der Waals surface area contributed by atoms with Crippen LogP contribution < -0.4 is 10.6 Å².